The molecule has 1 aliphatic rings. The standard InChI is InChI=1S/C17H19N7O3S3/c1-3-28-17-22-21-16(30-17)19-13(25)8-24-5-4-10-12(7-24)29-15(18-10)20-14(26)11-6-9(2)27-23-11/h6H,3-5,7-8H2,1-2H3,(H,18,20,26)(H,19,21,25). The summed E-state index contributed by atoms with van der Waals surface area (Å²) < 4.78 is 5.77. The molecular weight excluding hydrogens is 446 g/mol. The van der Waals surface area contributed by atoms with Crippen LogP contribution in [0, 0.1) is 6.92 Å². The van der Waals surface area contributed by atoms with Crippen molar-refractivity contribution >= 4 is 56.5 Å². The van der Waals surface area contributed by atoms with E-state index in [0.717, 1.165) is 20.7 Å². The van der Waals surface area contributed by atoms with Gasteiger partial charge in [-0.15, -0.1) is 21.5 Å². The monoisotopic (exact) mass is 465 g/mol. The van der Waals surface area contributed by atoms with Gasteiger partial charge in [0.1, 0.15) is 5.76 Å². The Morgan fingerprint density at radius 3 is 2.90 bits per heavy atom. The predicted molar refractivity (Wildman–Crippen MR) is 115 cm³/mol. The number of thiazole rings is 1. The van der Waals surface area contributed by atoms with Crippen LogP contribution < -0.4 is 10.6 Å². The van der Waals surface area contributed by atoms with Gasteiger partial charge >= 0.3 is 0 Å². The summed E-state index contributed by atoms with van der Waals surface area (Å²) in [6, 6.07) is 1.57. The number of hydrogen-bond acceptors (Lipinski definition) is 11. The van der Waals surface area contributed by atoms with Crippen LogP contribution in [0.5, 0.6) is 0 Å². The third kappa shape index (κ3) is 5.03. The van der Waals surface area contributed by atoms with E-state index in [1.54, 1.807) is 24.8 Å². The van der Waals surface area contributed by atoms with Crippen molar-refractivity contribution in [2.75, 3.05) is 29.5 Å². The number of aryl methyl sites for hydroxylation is 1. The quantitative estimate of drug-likeness (QED) is 0.400. The summed E-state index contributed by atoms with van der Waals surface area (Å²) in [5.74, 6) is 1.00. The summed E-state index contributed by atoms with van der Waals surface area (Å²) in [7, 11) is 0. The number of amides is 2. The SMILES string of the molecule is CCSc1nnc(NC(=O)CN2CCc3nc(NC(=O)c4cc(C)on4)sc3C2)s1. The molecule has 0 fully saturated rings. The number of fused-ring (bicyclic) bond motifs is 1. The third-order valence-corrected chi connectivity index (χ3v) is 7.03. The Balaban J connectivity index is 1.32. The van der Waals surface area contributed by atoms with Crippen LogP contribution in [-0.2, 0) is 17.8 Å². The largest absolute Gasteiger partial charge is 0.361 e. The maximum Gasteiger partial charge on any atom is 0.279 e. The average molecular weight is 466 g/mol. The molecular formula is C17H19N7O3S3. The highest BCUT2D eigenvalue weighted by molar-refractivity contribution is 8.01. The van der Waals surface area contributed by atoms with Gasteiger partial charge in [-0.2, -0.15) is 0 Å². The van der Waals surface area contributed by atoms with E-state index in [1.807, 2.05) is 11.8 Å². The maximum atomic E-state index is 12.4. The Morgan fingerprint density at radius 1 is 1.27 bits per heavy atom. The molecule has 10 nitrogen and oxygen atoms in total. The van der Waals surface area contributed by atoms with E-state index in [0.29, 0.717) is 35.5 Å². The van der Waals surface area contributed by atoms with Gasteiger partial charge in [0.2, 0.25) is 11.0 Å². The van der Waals surface area contributed by atoms with Crippen LogP contribution in [0.4, 0.5) is 10.3 Å². The number of nitrogens with zero attached hydrogens (tertiary/aromatic N) is 5. The molecule has 0 spiro atoms. The van der Waals surface area contributed by atoms with Crippen molar-refractivity contribution in [2.45, 2.75) is 31.2 Å². The Hall–Kier alpha value is -2.35. The molecule has 3 aromatic heterocycles. The Bertz CT molecular complexity index is 1060. The first kappa shape index (κ1) is 20.9. The van der Waals surface area contributed by atoms with Crippen molar-refractivity contribution in [2.24, 2.45) is 0 Å². The zero-order valence-corrected chi connectivity index (χ0v) is 18.7. The molecule has 0 unspecified atom stereocenters. The lowest BCUT2D eigenvalue weighted by molar-refractivity contribution is -0.117. The van der Waals surface area contributed by atoms with Crippen molar-refractivity contribution < 1.29 is 14.1 Å². The van der Waals surface area contributed by atoms with Crippen molar-refractivity contribution in [3.8, 4) is 0 Å². The number of thioether (sulfide) groups is 1. The molecule has 0 aromatic carbocycles. The van der Waals surface area contributed by atoms with E-state index >= 15 is 0 Å². The van der Waals surface area contributed by atoms with Crippen LogP contribution in [0.2, 0.25) is 0 Å². The lowest BCUT2D eigenvalue weighted by atomic mass is 10.2. The second kappa shape index (κ2) is 9.20. The zero-order valence-electron chi connectivity index (χ0n) is 16.3. The smallest absolute Gasteiger partial charge is 0.279 e. The summed E-state index contributed by atoms with van der Waals surface area (Å²) in [5, 5.41) is 18.4. The zero-order chi connectivity index (χ0) is 21.1. The molecule has 0 saturated carbocycles. The summed E-state index contributed by atoms with van der Waals surface area (Å²) in [4.78, 5) is 32.2. The number of carbonyl (C=O) groups excluding carboxylic acids is 2. The topological polar surface area (TPSA) is 126 Å². The molecule has 0 bridgehead atoms. The van der Waals surface area contributed by atoms with Gasteiger partial charge in [0.15, 0.2) is 15.2 Å². The molecule has 4 rings (SSSR count). The molecule has 1 aliphatic heterocycles. The molecule has 0 radical (unpaired) electrons. The lowest BCUT2D eigenvalue weighted by Crippen LogP contribution is -2.36. The van der Waals surface area contributed by atoms with E-state index < -0.39 is 0 Å². The molecule has 158 valence electrons. The van der Waals surface area contributed by atoms with Gasteiger partial charge in [0.05, 0.1) is 12.2 Å². The number of hydrogen-bond donors (Lipinski definition) is 2. The fourth-order valence-corrected chi connectivity index (χ4v) is 5.59. The van der Waals surface area contributed by atoms with Crippen LogP contribution in [0.1, 0.15) is 33.7 Å². The molecule has 4 heterocycles. The first-order valence-electron chi connectivity index (χ1n) is 9.22. The van der Waals surface area contributed by atoms with E-state index in [2.05, 4.69) is 31.0 Å². The maximum absolute atomic E-state index is 12.4. The number of anilines is 2. The Labute approximate surface area is 184 Å². The van der Waals surface area contributed by atoms with Crippen molar-refractivity contribution in [3.05, 3.63) is 28.1 Å². The van der Waals surface area contributed by atoms with Gasteiger partial charge in [-0.05, 0) is 12.7 Å². The van der Waals surface area contributed by atoms with Crippen molar-refractivity contribution in [3.63, 3.8) is 0 Å². The van der Waals surface area contributed by atoms with Gasteiger partial charge in [0, 0.05) is 30.5 Å². The molecule has 2 amide bonds. The highest BCUT2D eigenvalue weighted by atomic mass is 32.2. The van der Waals surface area contributed by atoms with E-state index in [4.69, 9.17) is 4.52 Å². The van der Waals surface area contributed by atoms with Crippen LogP contribution in [0.3, 0.4) is 0 Å². The molecule has 0 saturated heterocycles. The van der Waals surface area contributed by atoms with Gasteiger partial charge in [-0.1, -0.05) is 35.2 Å². The fraction of sp³-hybridized carbons (Fsp3) is 0.412. The molecule has 3 aromatic rings. The summed E-state index contributed by atoms with van der Waals surface area (Å²) in [6.45, 7) is 5.35. The third-order valence-electron chi connectivity index (χ3n) is 4.18. The molecule has 13 heteroatoms. The average Bonchev–Trinajstić information content (AvgIpc) is 3.41. The molecule has 30 heavy (non-hydrogen) atoms. The summed E-state index contributed by atoms with van der Waals surface area (Å²) >= 11 is 4.38. The van der Waals surface area contributed by atoms with Crippen LogP contribution in [0.25, 0.3) is 0 Å². The van der Waals surface area contributed by atoms with Crippen molar-refractivity contribution in [1.82, 2.24) is 25.2 Å². The number of rotatable bonds is 7. The minimum Gasteiger partial charge on any atom is -0.361 e. The van der Waals surface area contributed by atoms with Crippen LogP contribution in [0.15, 0.2) is 14.9 Å². The Kier molecular flexibility index (Phi) is 6.41. The Morgan fingerprint density at radius 2 is 2.13 bits per heavy atom. The van der Waals surface area contributed by atoms with Crippen LogP contribution in [-0.4, -0.2) is 55.9 Å². The van der Waals surface area contributed by atoms with Gasteiger partial charge in [-0.3, -0.25) is 25.1 Å². The van der Waals surface area contributed by atoms with E-state index in [1.165, 1.54) is 22.7 Å². The van der Waals surface area contributed by atoms with Gasteiger partial charge in [0.25, 0.3) is 5.91 Å². The second-order valence-electron chi connectivity index (χ2n) is 6.48. The number of aromatic nitrogens is 4. The number of carbonyl (C=O) groups is 2. The van der Waals surface area contributed by atoms with E-state index in [-0.39, 0.29) is 24.1 Å². The summed E-state index contributed by atoms with van der Waals surface area (Å²) in [5.41, 5.74) is 1.17. The predicted octanol–water partition coefficient (Wildman–Crippen LogP) is 2.65. The minimum atomic E-state index is -0.355. The highest BCUT2D eigenvalue weighted by Gasteiger charge is 2.24. The normalized spacial score (nSPS) is 13.8. The highest BCUT2D eigenvalue weighted by Crippen LogP contribution is 2.29. The van der Waals surface area contributed by atoms with Gasteiger partial charge in [-0.25, -0.2) is 4.98 Å². The molecule has 0 aliphatic carbocycles. The second-order valence-corrected chi connectivity index (χ2v) is 10.1. The molecule has 2 N–H and O–H groups in total. The van der Waals surface area contributed by atoms with Crippen LogP contribution >= 0.6 is 34.4 Å². The fourth-order valence-electron chi connectivity index (χ4n) is 2.88. The number of nitrogens with one attached hydrogen (secondary N) is 2. The first-order valence-corrected chi connectivity index (χ1v) is 11.8. The van der Waals surface area contributed by atoms with Crippen molar-refractivity contribution in [1.29, 1.82) is 0 Å². The van der Waals surface area contributed by atoms with Gasteiger partial charge < -0.3 is 4.52 Å². The molecule has 0 atom stereocenters. The summed E-state index contributed by atoms with van der Waals surface area (Å²) in [6.07, 6.45) is 0.716. The van der Waals surface area contributed by atoms with E-state index in [9.17, 15) is 9.59 Å². The minimum absolute atomic E-state index is 0.123. The lowest BCUT2D eigenvalue weighted by Gasteiger charge is -2.24. The first-order chi connectivity index (χ1) is 14.5.